The molecular formula is C12H16N2O3. The smallest absolute Gasteiger partial charge is 0.407 e. The Kier molecular flexibility index (Phi) is 5.00. The van der Waals surface area contributed by atoms with Crippen molar-refractivity contribution < 1.29 is 14.3 Å². The summed E-state index contributed by atoms with van der Waals surface area (Å²) < 4.78 is 4.63. The highest BCUT2D eigenvalue weighted by Gasteiger charge is 2.05. The Morgan fingerprint density at radius 1 is 1.35 bits per heavy atom. The van der Waals surface area contributed by atoms with E-state index in [4.69, 9.17) is 0 Å². The minimum Gasteiger partial charge on any atom is -0.450 e. The minimum absolute atomic E-state index is 0.104. The van der Waals surface area contributed by atoms with Crippen molar-refractivity contribution in [3.8, 4) is 0 Å². The van der Waals surface area contributed by atoms with E-state index in [-0.39, 0.29) is 19.1 Å². The van der Waals surface area contributed by atoms with Crippen molar-refractivity contribution in [1.82, 2.24) is 5.32 Å². The summed E-state index contributed by atoms with van der Waals surface area (Å²) in [6.07, 6.45) is -0.591. The number of anilines is 1. The van der Waals surface area contributed by atoms with Gasteiger partial charge in [0.15, 0.2) is 0 Å². The fraction of sp³-hybridized carbons (Fsp3) is 0.333. The second-order valence-corrected chi connectivity index (χ2v) is 3.49. The van der Waals surface area contributed by atoms with Crippen molar-refractivity contribution in [2.75, 3.05) is 18.5 Å². The van der Waals surface area contributed by atoms with Gasteiger partial charge in [-0.2, -0.15) is 0 Å². The molecule has 5 heteroatoms. The van der Waals surface area contributed by atoms with E-state index >= 15 is 0 Å². The van der Waals surface area contributed by atoms with Crippen LogP contribution in [0.5, 0.6) is 0 Å². The van der Waals surface area contributed by atoms with Gasteiger partial charge in [-0.25, -0.2) is 4.79 Å². The number of nitrogens with one attached hydrogen (secondary N) is 2. The van der Waals surface area contributed by atoms with Gasteiger partial charge in [0.25, 0.3) is 0 Å². The molecule has 17 heavy (non-hydrogen) atoms. The van der Waals surface area contributed by atoms with Crippen LogP contribution in [0.1, 0.15) is 12.5 Å². The fourth-order valence-corrected chi connectivity index (χ4v) is 1.26. The van der Waals surface area contributed by atoms with Gasteiger partial charge in [0.2, 0.25) is 5.91 Å². The lowest BCUT2D eigenvalue weighted by atomic mass is 10.2. The first-order chi connectivity index (χ1) is 8.11. The summed E-state index contributed by atoms with van der Waals surface area (Å²) in [5.74, 6) is -0.288. The summed E-state index contributed by atoms with van der Waals surface area (Å²) in [5, 5.41) is 5.02. The van der Waals surface area contributed by atoms with Gasteiger partial charge in [-0.05, 0) is 31.5 Å². The van der Waals surface area contributed by atoms with Gasteiger partial charge in [-0.3, -0.25) is 4.79 Å². The van der Waals surface area contributed by atoms with Crippen LogP contribution < -0.4 is 10.6 Å². The number of rotatable bonds is 4. The van der Waals surface area contributed by atoms with Gasteiger partial charge >= 0.3 is 6.09 Å². The monoisotopic (exact) mass is 236 g/mol. The van der Waals surface area contributed by atoms with Crippen molar-refractivity contribution in [3.63, 3.8) is 0 Å². The van der Waals surface area contributed by atoms with Gasteiger partial charge in [0, 0.05) is 5.69 Å². The molecule has 0 aromatic heterocycles. The highest BCUT2D eigenvalue weighted by molar-refractivity contribution is 5.93. The molecule has 0 fully saturated rings. The van der Waals surface area contributed by atoms with Gasteiger partial charge < -0.3 is 15.4 Å². The SMILES string of the molecule is CCOC(=O)NCC(=O)Nc1cccc(C)c1. The van der Waals surface area contributed by atoms with Crippen LogP contribution in [0.25, 0.3) is 0 Å². The van der Waals surface area contributed by atoms with E-state index in [9.17, 15) is 9.59 Å². The summed E-state index contributed by atoms with van der Waals surface area (Å²) >= 11 is 0. The maximum Gasteiger partial charge on any atom is 0.407 e. The first-order valence-corrected chi connectivity index (χ1v) is 5.39. The van der Waals surface area contributed by atoms with Crippen molar-refractivity contribution in [2.24, 2.45) is 0 Å². The molecule has 0 radical (unpaired) electrons. The van der Waals surface area contributed by atoms with Crippen LogP contribution in [0.4, 0.5) is 10.5 Å². The zero-order chi connectivity index (χ0) is 12.7. The fourth-order valence-electron chi connectivity index (χ4n) is 1.26. The van der Waals surface area contributed by atoms with Crippen LogP contribution in [0.2, 0.25) is 0 Å². The van der Waals surface area contributed by atoms with Crippen molar-refractivity contribution in [3.05, 3.63) is 29.8 Å². The summed E-state index contributed by atoms with van der Waals surface area (Å²) in [6, 6.07) is 7.42. The minimum atomic E-state index is -0.591. The predicted molar refractivity (Wildman–Crippen MR) is 64.8 cm³/mol. The van der Waals surface area contributed by atoms with E-state index in [1.165, 1.54) is 0 Å². The molecule has 0 saturated carbocycles. The van der Waals surface area contributed by atoms with Crippen molar-refractivity contribution in [1.29, 1.82) is 0 Å². The Morgan fingerprint density at radius 3 is 2.76 bits per heavy atom. The van der Waals surface area contributed by atoms with Gasteiger partial charge in [-0.15, -0.1) is 0 Å². The number of ether oxygens (including phenoxy) is 1. The summed E-state index contributed by atoms with van der Waals surface area (Å²) in [5.41, 5.74) is 1.77. The van der Waals surface area contributed by atoms with Crippen LogP contribution in [-0.2, 0) is 9.53 Å². The Bertz CT molecular complexity index is 404. The van der Waals surface area contributed by atoms with Gasteiger partial charge in [0.1, 0.15) is 6.54 Å². The Labute approximate surface area is 100 Å². The lowest BCUT2D eigenvalue weighted by molar-refractivity contribution is -0.115. The van der Waals surface area contributed by atoms with E-state index in [1.54, 1.807) is 13.0 Å². The number of alkyl carbamates (subject to hydrolysis) is 1. The Balaban J connectivity index is 2.37. The second kappa shape index (κ2) is 6.52. The molecule has 2 amide bonds. The molecule has 2 N–H and O–H groups in total. The maximum atomic E-state index is 11.5. The van der Waals surface area contributed by atoms with E-state index in [0.717, 1.165) is 5.56 Å². The second-order valence-electron chi connectivity index (χ2n) is 3.49. The van der Waals surface area contributed by atoms with E-state index in [1.807, 2.05) is 25.1 Å². The van der Waals surface area contributed by atoms with E-state index < -0.39 is 6.09 Å². The van der Waals surface area contributed by atoms with Crippen LogP contribution in [0, 0.1) is 6.92 Å². The Morgan fingerprint density at radius 2 is 2.12 bits per heavy atom. The normalized spacial score (nSPS) is 9.53. The Hall–Kier alpha value is -2.04. The lowest BCUT2D eigenvalue weighted by Gasteiger charge is -2.07. The number of amides is 2. The third-order valence-corrected chi connectivity index (χ3v) is 1.97. The topological polar surface area (TPSA) is 67.4 Å². The number of aryl methyl sites for hydroxylation is 1. The predicted octanol–water partition coefficient (Wildman–Crippen LogP) is 1.68. The first kappa shape index (κ1) is 13.0. The average Bonchev–Trinajstić information content (AvgIpc) is 2.27. The molecule has 0 heterocycles. The standard InChI is InChI=1S/C12H16N2O3/c1-3-17-12(16)13-8-11(15)14-10-6-4-5-9(2)7-10/h4-7H,3,8H2,1-2H3,(H,13,16)(H,14,15). The largest absolute Gasteiger partial charge is 0.450 e. The molecule has 0 unspecified atom stereocenters. The zero-order valence-corrected chi connectivity index (χ0v) is 9.95. The molecule has 92 valence electrons. The first-order valence-electron chi connectivity index (χ1n) is 5.39. The number of carbonyl (C=O) groups is 2. The third kappa shape index (κ3) is 5.01. The quantitative estimate of drug-likeness (QED) is 0.835. The van der Waals surface area contributed by atoms with Gasteiger partial charge in [0.05, 0.1) is 6.61 Å². The molecule has 0 atom stereocenters. The summed E-state index contributed by atoms with van der Waals surface area (Å²) in [4.78, 5) is 22.4. The van der Waals surface area contributed by atoms with Gasteiger partial charge in [-0.1, -0.05) is 12.1 Å². The number of hydrogen-bond donors (Lipinski definition) is 2. The van der Waals surface area contributed by atoms with Crippen LogP contribution in [-0.4, -0.2) is 25.2 Å². The van der Waals surface area contributed by atoms with Crippen LogP contribution in [0.3, 0.4) is 0 Å². The van der Waals surface area contributed by atoms with Crippen molar-refractivity contribution in [2.45, 2.75) is 13.8 Å². The molecule has 0 bridgehead atoms. The highest BCUT2D eigenvalue weighted by Crippen LogP contribution is 2.08. The molecule has 1 aromatic carbocycles. The summed E-state index contributed by atoms with van der Waals surface area (Å²) in [6.45, 7) is 3.82. The van der Waals surface area contributed by atoms with E-state index in [2.05, 4.69) is 15.4 Å². The number of benzene rings is 1. The molecule has 0 aliphatic carbocycles. The molecule has 1 rings (SSSR count). The molecule has 1 aromatic rings. The highest BCUT2D eigenvalue weighted by atomic mass is 16.5. The average molecular weight is 236 g/mol. The molecule has 0 spiro atoms. The molecule has 0 aliphatic rings. The molecule has 0 saturated heterocycles. The summed E-state index contributed by atoms with van der Waals surface area (Å²) in [7, 11) is 0. The zero-order valence-electron chi connectivity index (χ0n) is 9.95. The van der Waals surface area contributed by atoms with Crippen LogP contribution >= 0.6 is 0 Å². The molecule has 5 nitrogen and oxygen atoms in total. The number of hydrogen-bond acceptors (Lipinski definition) is 3. The van der Waals surface area contributed by atoms with Crippen molar-refractivity contribution >= 4 is 17.7 Å². The number of carbonyl (C=O) groups excluding carboxylic acids is 2. The third-order valence-electron chi connectivity index (χ3n) is 1.97. The van der Waals surface area contributed by atoms with E-state index in [0.29, 0.717) is 5.69 Å². The van der Waals surface area contributed by atoms with Crippen LogP contribution in [0.15, 0.2) is 24.3 Å². The maximum absolute atomic E-state index is 11.5. The molecular weight excluding hydrogens is 220 g/mol. The molecule has 0 aliphatic heterocycles. The lowest BCUT2D eigenvalue weighted by Crippen LogP contribution is -2.33.